The standard InChI is InChI=1S/C28H27FN4O3/c29-22-8-12-24(13-9-22)31-14-16-32(17-15-31)28(36)20-6-10-23(11-7-20)30-27(35)21-18-26(34)33(19-21)25-4-2-1-3-5-25/h1-13,21H,14-19H2,(H,30,35). The SMILES string of the molecule is O=C(Nc1ccc(C(=O)N2CCN(c3ccc(F)cc3)CC2)cc1)C1CC(=O)N(c2ccccc2)C1. The van der Waals surface area contributed by atoms with E-state index in [4.69, 9.17) is 0 Å². The highest BCUT2D eigenvalue weighted by molar-refractivity contribution is 6.03. The third-order valence-corrected chi connectivity index (χ3v) is 6.72. The second kappa shape index (κ2) is 10.2. The molecule has 3 aromatic rings. The molecule has 36 heavy (non-hydrogen) atoms. The zero-order valence-corrected chi connectivity index (χ0v) is 19.8. The van der Waals surface area contributed by atoms with Gasteiger partial charge in [-0.1, -0.05) is 18.2 Å². The molecule has 0 radical (unpaired) electrons. The topological polar surface area (TPSA) is 73.0 Å². The molecule has 3 amide bonds. The van der Waals surface area contributed by atoms with Gasteiger partial charge in [-0.05, 0) is 60.7 Å². The Morgan fingerprint density at radius 3 is 2.14 bits per heavy atom. The van der Waals surface area contributed by atoms with Gasteiger partial charge in [0.2, 0.25) is 11.8 Å². The molecule has 1 atom stereocenters. The Labute approximate surface area is 209 Å². The highest BCUT2D eigenvalue weighted by Crippen LogP contribution is 2.26. The molecule has 0 saturated carbocycles. The highest BCUT2D eigenvalue weighted by Gasteiger charge is 2.35. The summed E-state index contributed by atoms with van der Waals surface area (Å²) in [7, 11) is 0. The number of hydrogen-bond acceptors (Lipinski definition) is 4. The minimum atomic E-state index is -0.434. The molecule has 2 heterocycles. The first-order valence-corrected chi connectivity index (χ1v) is 12.0. The van der Waals surface area contributed by atoms with Crippen molar-refractivity contribution in [3.63, 3.8) is 0 Å². The number of nitrogens with zero attached hydrogens (tertiary/aromatic N) is 3. The van der Waals surface area contributed by atoms with Crippen LogP contribution in [0.25, 0.3) is 0 Å². The van der Waals surface area contributed by atoms with Crippen molar-refractivity contribution in [1.29, 1.82) is 0 Å². The normalized spacial score (nSPS) is 17.9. The smallest absolute Gasteiger partial charge is 0.253 e. The number of piperazine rings is 1. The van der Waals surface area contributed by atoms with E-state index in [-0.39, 0.29) is 30.0 Å². The van der Waals surface area contributed by atoms with Crippen LogP contribution in [0.3, 0.4) is 0 Å². The maximum absolute atomic E-state index is 13.2. The Morgan fingerprint density at radius 2 is 1.47 bits per heavy atom. The predicted octanol–water partition coefficient (Wildman–Crippen LogP) is 3.78. The van der Waals surface area contributed by atoms with Crippen LogP contribution in [0.5, 0.6) is 0 Å². The summed E-state index contributed by atoms with van der Waals surface area (Å²) in [4.78, 5) is 43.7. The van der Waals surface area contributed by atoms with Crippen LogP contribution in [0.15, 0.2) is 78.9 Å². The Morgan fingerprint density at radius 1 is 0.806 bits per heavy atom. The van der Waals surface area contributed by atoms with E-state index in [9.17, 15) is 18.8 Å². The van der Waals surface area contributed by atoms with Crippen molar-refractivity contribution >= 4 is 34.8 Å². The zero-order valence-electron chi connectivity index (χ0n) is 19.8. The molecule has 1 unspecified atom stereocenters. The fourth-order valence-corrected chi connectivity index (χ4v) is 4.68. The zero-order chi connectivity index (χ0) is 25.1. The van der Waals surface area contributed by atoms with Gasteiger partial charge in [-0.25, -0.2) is 4.39 Å². The summed E-state index contributed by atoms with van der Waals surface area (Å²) in [6.07, 6.45) is 0.168. The van der Waals surface area contributed by atoms with Crippen LogP contribution in [0.4, 0.5) is 21.5 Å². The Kier molecular flexibility index (Phi) is 6.66. The van der Waals surface area contributed by atoms with Crippen LogP contribution in [0, 0.1) is 11.7 Å². The van der Waals surface area contributed by atoms with E-state index in [1.807, 2.05) is 30.3 Å². The van der Waals surface area contributed by atoms with Gasteiger partial charge >= 0.3 is 0 Å². The molecular weight excluding hydrogens is 459 g/mol. The number of benzene rings is 3. The molecule has 0 bridgehead atoms. The van der Waals surface area contributed by atoms with Crippen LogP contribution in [0.2, 0.25) is 0 Å². The quantitative estimate of drug-likeness (QED) is 0.596. The second-order valence-electron chi connectivity index (χ2n) is 9.06. The van der Waals surface area contributed by atoms with Crippen molar-refractivity contribution < 1.29 is 18.8 Å². The van der Waals surface area contributed by atoms with Crippen molar-refractivity contribution in [3.8, 4) is 0 Å². The molecule has 7 nitrogen and oxygen atoms in total. The third-order valence-electron chi connectivity index (χ3n) is 6.72. The van der Waals surface area contributed by atoms with E-state index in [0.717, 1.165) is 11.4 Å². The summed E-state index contributed by atoms with van der Waals surface area (Å²) < 4.78 is 13.2. The van der Waals surface area contributed by atoms with Gasteiger partial charge in [0.1, 0.15) is 5.82 Å². The van der Waals surface area contributed by atoms with Crippen molar-refractivity contribution in [2.24, 2.45) is 5.92 Å². The van der Waals surface area contributed by atoms with E-state index < -0.39 is 5.92 Å². The summed E-state index contributed by atoms with van der Waals surface area (Å²) in [5.41, 5.74) is 2.87. The summed E-state index contributed by atoms with van der Waals surface area (Å²) in [6, 6.07) is 22.6. The first-order valence-electron chi connectivity index (χ1n) is 12.0. The molecule has 0 aliphatic carbocycles. The average Bonchev–Trinajstić information content (AvgIpc) is 3.31. The summed E-state index contributed by atoms with van der Waals surface area (Å²) in [6.45, 7) is 2.83. The number of carbonyl (C=O) groups excluding carboxylic acids is 3. The summed E-state index contributed by atoms with van der Waals surface area (Å²) >= 11 is 0. The molecule has 1 N–H and O–H groups in total. The minimum Gasteiger partial charge on any atom is -0.368 e. The molecule has 5 rings (SSSR count). The van der Waals surface area contributed by atoms with Crippen molar-refractivity contribution in [1.82, 2.24) is 4.90 Å². The Hall–Kier alpha value is -4.20. The van der Waals surface area contributed by atoms with E-state index in [0.29, 0.717) is 44.0 Å². The van der Waals surface area contributed by atoms with Gasteiger partial charge in [-0.2, -0.15) is 0 Å². The van der Waals surface area contributed by atoms with Gasteiger partial charge in [-0.3, -0.25) is 14.4 Å². The van der Waals surface area contributed by atoms with E-state index >= 15 is 0 Å². The van der Waals surface area contributed by atoms with Gasteiger partial charge in [-0.15, -0.1) is 0 Å². The third kappa shape index (κ3) is 5.07. The van der Waals surface area contributed by atoms with Crippen LogP contribution < -0.4 is 15.1 Å². The second-order valence-corrected chi connectivity index (χ2v) is 9.06. The highest BCUT2D eigenvalue weighted by atomic mass is 19.1. The van der Waals surface area contributed by atoms with Crippen molar-refractivity contribution in [3.05, 3.63) is 90.2 Å². The maximum Gasteiger partial charge on any atom is 0.253 e. The van der Waals surface area contributed by atoms with Gasteiger partial charge in [0.05, 0.1) is 5.92 Å². The van der Waals surface area contributed by atoms with Crippen molar-refractivity contribution in [2.75, 3.05) is 47.8 Å². The van der Waals surface area contributed by atoms with E-state index in [1.54, 1.807) is 46.2 Å². The van der Waals surface area contributed by atoms with Crippen LogP contribution in [-0.2, 0) is 9.59 Å². The molecule has 2 fully saturated rings. The summed E-state index contributed by atoms with van der Waals surface area (Å²) in [5, 5.41) is 2.87. The minimum absolute atomic E-state index is 0.0634. The number of amides is 3. The Bertz CT molecular complexity index is 1240. The van der Waals surface area contributed by atoms with Gasteiger partial charge < -0.3 is 20.0 Å². The maximum atomic E-state index is 13.2. The molecule has 0 aromatic heterocycles. The van der Waals surface area contributed by atoms with Crippen LogP contribution in [-0.4, -0.2) is 55.3 Å². The number of rotatable bonds is 5. The molecule has 0 spiro atoms. The number of para-hydroxylation sites is 1. The number of nitrogens with one attached hydrogen (secondary N) is 1. The fourth-order valence-electron chi connectivity index (χ4n) is 4.68. The molecule has 2 aliphatic heterocycles. The summed E-state index contributed by atoms with van der Waals surface area (Å²) in [5.74, 6) is -1.04. The number of anilines is 3. The van der Waals surface area contributed by atoms with Gasteiger partial charge in [0.25, 0.3) is 5.91 Å². The first-order chi connectivity index (χ1) is 17.5. The van der Waals surface area contributed by atoms with Crippen LogP contribution >= 0.6 is 0 Å². The average molecular weight is 487 g/mol. The van der Waals surface area contributed by atoms with E-state index in [2.05, 4.69) is 10.2 Å². The largest absolute Gasteiger partial charge is 0.368 e. The Balaban J connectivity index is 1.14. The van der Waals surface area contributed by atoms with Gasteiger partial charge in [0.15, 0.2) is 0 Å². The lowest BCUT2D eigenvalue weighted by molar-refractivity contribution is -0.122. The fraction of sp³-hybridized carbons (Fsp3) is 0.250. The number of carbonyl (C=O) groups is 3. The molecule has 8 heteroatoms. The predicted molar refractivity (Wildman–Crippen MR) is 136 cm³/mol. The molecule has 2 saturated heterocycles. The van der Waals surface area contributed by atoms with Crippen molar-refractivity contribution in [2.45, 2.75) is 6.42 Å². The van der Waals surface area contributed by atoms with E-state index in [1.165, 1.54) is 12.1 Å². The molecular formula is C28H27FN4O3. The monoisotopic (exact) mass is 486 g/mol. The first kappa shape index (κ1) is 23.5. The molecule has 3 aromatic carbocycles. The lowest BCUT2D eigenvalue weighted by atomic mass is 10.1. The number of halogens is 1. The number of hydrogen-bond donors (Lipinski definition) is 1. The van der Waals surface area contributed by atoms with Crippen LogP contribution in [0.1, 0.15) is 16.8 Å². The lowest BCUT2D eigenvalue weighted by Crippen LogP contribution is -2.48. The lowest BCUT2D eigenvalue weighted by Gasteiger charge is -2.36. The molecule has 2 aliphatic rings. The molecule has 184 valence electrons. The van der Waals surface area contributed by atoms with Gasteiger partial charge in [0, 0.05) is 61.8 Å².